The van der Waals surface area contributed by atoms with E-state index in [2.05, 4.69) is 48.7 Å². The molecule has 0 radical (unpaired) electrons. The fraction of sp³-hybridized carbons (Fsp3) is 0.250. The van der Waals surface area contributed by atoms with E-state index in [0.717, 1.165) is 64.2 Å². The number of carboxylic acid groups (broad SMARTS) is 1. The molecule has 0 saturated heterocycles. The van der Waals surface area contributed by atoms with Crippen LogP contribution in [0.3, 0.4) is 0 Å². The van der Waals surface area contributed by atoms with Crippen LogP contribution in [0.5, 0.6) is 0 Å². The first-order valence-corrected chi connectivity index (χ1v) is 11.4. The summed E-state index contributed by atoms with van der Waals surface area (Å²) in [6.45, 7) is 6.92. The molecule has 0 spiro atoms. The molecule has 5 heteroatoms. The third-order valence-electron chi connectivity index (χ3n) is 6.46. The number of aryl methyl sites for hydroxylation is 5. The van der Waals surface area contributed by atoms with Gasteiger partial charge >= 0.3 is 5.97 Å². The highest BCUT2D eigenvalue weighted by atomic mass is 16.4. The number of carbonyl (C=O) groups is 1. The summed E-state index contributed by atoms with van der Waals surface area (Å²) in [6, 6.07) is 16.6. The highest BCUT2D eigenvalue weighted by Gasteiger charge is 2.20. The second kappa shape index (κ2) is 8.32. The van der Waals surface area contributed by atoms with E-state index in [0.29, 0.717) is 6.54 Å². The topological polar surface area (TPSA) is 68.0 Å². The number of carboxylic acids is 1. The fourth-order valence-electron chi connectivity index (χ4n) is 4.98. The van der Waals surface area contributed by atoms with Crippen LogP contribution in [0.15, 0.2) is 54.6 Å². The second-order valence-corrected chi connectivity index (χ2v) is 8.77. The van der Waals surface area contributed by atoms with E-state index < -0.39 is 5.97 Å². The highest BCUT2D eigenvalue weighted by Crippen LogP contribution is 2.34. The zero-order chi connectivity index (χ0) is 23.1. The second-order valence-electron chi connectivity index (χ2n) is 8.77. The Hall–Kier alpha value is -3.73. The van der Waals surface area contributed by atoms with Crippen molar-refractivity contribution >= 4 is 22.7 Å². The summed E-state index contributed by atoms with van der Waals surface area (Å²) in [7, 11) is 0. The molecule has 0 amide bonds. The maximum absolute atomic E-state index is 11.6. The maximum Gasteiger partial charge on any atom is 0.328 e. The van der Waals surface area contributed by atoms with Crippen molar-refractivity contribution in [1.82, 2.24) is 14.5 Å². The van der Waals surface area contributed by atoms with Crippen molar-refractivity contribution in [3.8, 4) is 0 Å². The summed E-state index contributed by atoms with van der Waals surface area (Å²) in [5.74, 6) is 0.103. The predicted molar refractivity (Wildman–Crippen MR) is 130 cm³/mol. The first-order valence-electron chi connectivity index (χ1n) is 11.4. The van der Waals surface area contributed by atoms with Crippen LogP contribution >= 0.6 is 0 Å². The Labute approximate surface area is 193 Å². The van der Waals surface area contributed by atoms with Gasteiger partial charge < -0.3 is 9.67 Å². The first-order chi connectivity index (χ1) is 15.9. The lowest BCUT2D eigenvalue weighted by molar-refractivity contribution is -0.131. The molecule has 33 heavy (non-hydrogen) atoms. The molecule has 0 aliphatic heterocycles. The number of benzene rings is 2. The third kappa shape index (κ3) is 3.84. The molecule has 0 atom stereocenters. The number of hydrogen-bond acceptors (Lipinski definition) is 3. The maximum atomic E-state index is 11.6. The largest absolute Gasteiger partial charge is 0.478 e. The number of fused-ring (bicyclic) bond motifs is 3. The molecular weight excluding hydrogens is 410 g/mol. The van der Waals surface area contributed by atoms with Crippen LogP contribution in [0.2, 0.25) is 0 Å². The molecule has 2 aromatic heterocycles. The molecule has 0 unspecified atom stereocenters. The van der Waals surface area contributed by atoms with Crippen LogP contribution in [-0.2, 0) is 30.6 Å². The normalized spacial score (nSPS) is 14.2. The number of hydrogen-bond donors (Lipinski definition) is 1. The molecule has 0 bridgehead atoms. The van der Waals surface area contributed by atoms with Crippen LogP contribution in [0.1, 0.15) is 51.8 Å². The van der Waals surface area contributed by atoms with Crippen molar-refractivity contribution in [3.05, 3.63) is 99.5 Å². The summed E-state index contributed by atoms with van der Waals surface area (Å²) in [5, 5.41) is 9.54. The van der Waals surface area contributed by atoms with Crippen LogP contribution < -0.4 is 0 Å². The summed E-state index contributed by atoms with van der Waals surface area (Å²) in [5.41, 5.74) is 10.4. The molecule has 5 rings (SSSR count). The first kappa shape index (κ1) is 21.1. The van der Waals surface area contributed by atoms with Crippen molar-refractivity contribution in [2.24, 2.45) is 0 Å². The molecule has 1 aliphatic carbocycles. The standard InChI is InChI=1S/C28H27N3O2/c1-4-25-30-27-17(2)13-18(3)29-28(27)31(25)16-19-9-12-23-21(14-19)11-10-20-7-5-6-8-22(20)24(23)15-26(32)33/h5-9,12-15H,4,10-11,16H2,1-3H3,(H,32,33)/b24-15+. The average molecular weight is 438 g/mol. The zero-order valence-corrected chi connectivity index (χ0v) is 19.2. The number of pyridine rings is 1. The Kier molecular flexibility index (Phi) is 5.33. The summed E-state index contributed by atoms with van der Waals surface area (Å²) in [6.07, 6.45) is 3.94. The van der Waals surface area contributed by atoms with E-state index in [1.54, 1.807) is 0 Å². The van der Waals surface area contributed by atoms with Gasteiger partial charge in [0.05, 0.1) is 6.54 Å². The van der Waals surface area contributed by atoms with Gasteiger partial charge in [-0.1, -0.05) is 49.4 Å². The molecule has 0 saturated carbocycles. The number of rotatable bonds is 4. The molecule has 166 valence electrons. The van der Waals surface area contributed by atoms with Gasteiger partial charge in [0.15, 0.2) is 5.65 Å². The number of aromatic nitrogens is 3. The third-order valence-corrected chi connectivity index (χ3v) is 6.46. The Morgan fingerprint density at radius 2 is 1.79 bits per heavy atom. The van der Waals surface area contributed by atoms with Crippen molar-refractivity contribution in [2.75, 3.05) is 0 Å². The Balaban J connectivity index is 1.60. The lowest BCUT2D eigenvalue weighted by atomic mass is 9.92. The minimum atomic E-state index is -0.925. The lowest BCUT2D eigenvalue weighted by Gasteiger charge is -2.14. The number of imidazole rings is 1. The number of nitrogens with zero attached hydrogens (tertiary/aromatic N) is 3. The van der Waals surface area contributed by atoms with Gasteiger partial charge in [-0.15, -0.1) is 0 Å². The van der Waals surface area contributed by atoms with Gasteiger partial charge in [-0.2, -0.15) is 0 Å². The van der Waals surface area contributed by atoms with Crippen LogP contribution in [0.25, 0.3) is 16.7 Å². The minimum absolute atomic E-state index is 0.688. The highest BCUT2D eigenvalue weighted by molar-refractivity contribution is 5.97. The van der Waals surface area contributed by atoms with Gasteiger partial charge in [0.25, 0.3) is 0 Å². The smallest absolute Gasteiger partial charge is 0.328 e. The zero-order valence-electron chi connectivity index (χ0n) is 19.2. The van der Waals surface area contributed by atoms with Gasteiger partial charge in [0, 0.05) is 18.2 Å². The van der Waals surface area contributed by atoms with Crippen molar-refractivity contribution in [1.29, 1.82) is 0 Å². The van der Waals surface area contributed by atoms with Crippen LogP contribution in [0, 0.1) is 13.8 Å². The Morgan fingerprint density at radius 1 is 1.03 bits per heavy atom. The van der Waals surface area contributed by atoms with E-state index in [1.165, 1.54) is 22.8 Å². The molecular formula is C28H27N3O2. The lowest BCUT2D eigenvalue weighted by Crippen LogP contribution is -2.07. The summed E-state index contributed by atoms with van der Waals surface area (Å²) >= 11 is 0. The van der Waals surface area contributed by atoms with Gasteiger partial charge in [0.2, 0.25) is 0 Å². The van der Waals surface area contributed by atoms with E-state index in [9.17, 15) is 9.90 Å². The van der Waals surface area contributed by atoms with Gasteiger partial charge in [-0.05, 0) is 71.7 Å². The van der Waals surface area contributed by atoms with E-state index >= 15 is 0 Å². The van der Waals surface area contributed by atoms with Gasteiger partial charge in [-0.3, -0.25) is 0 Å². The van der Waals surface area contributed by atoms with Gasteiger partial charge in [0.1, 0.15) is 11.3 Å². The molecule has 1 N–H and O–H groups in total. The van der Waals surface area contributed by atoms with Crippen LogP contribution in [-0.4, -0.2) is 25.6 Å². The summed E-state index contributed by atoms with van der Waals surface area (Å²) in [4.78, 5) is 21.3. The molecule has 4 aromatic rings. The average Bonchev–Trinajstić information content (AvgIpc) is 3.06. The number of aliphatic carboxylic acids is 1. The molecule has 0 fully saturated rings. The van der Waals surface area contributed by atoms with Crippen molar-refractivity contribution in [2.45, 2.75) is 46.6 Å². The molecule has 2 heterocycles. The van der Waals surface area contributed by atoms with E-state index in [1.807, 2.05) is 25.1 Å². The molecule has 1 aliphatic rings. The van der Waals surface area contributed by atoms with Gasteiger partial charge in [-0.25, -0.2) is 14.8 Å². The Morgan fingerprint density at radius 3 is 2.58 bits per heavy atom. The fourth-order valence-corrected chi connectivity index (χ4v) is 4.98. The van der Waals surface area contributed by atoms with Crippen molar-refractivity contribution < 1.29 is 9.90 Å². The minimum Gasteiger partial charge on any atom is -0.478 e. The summed E-state index contributed by atoms with van der Waals surface area (Å²) < 4.78 is 2.22. The van der Waals surface area contributed by atoms with E-state index in [4.69, 9.17) is 9.97 Å². The SMILES string of the molecule is CCc1nc2c(C)cc(C)nc2n1Cc1ccc2c(c1)CCc1ccccc1/C2=C\C(=O)O. The monoisotopic (exact) mass is 437 g/mol. The molecule has 2 aromatic carbocycles. The van der Waals surface area contributed by atoms with E-state index in [-0.39, 0.29) is 0 Å². The van der Waals surface area contributed by atoms with Crippen molar-refractivity contribution in [3.63, 3.8) is 0 Å². The quantitative estimate of drug-likeness (QED) is 0.442. The Bertz CT molecular complexity index is 1430. The molecule has 5 nitrogen and oxygen atoms in total. The predicted octanol–water partition coefficient (Wildman–Crippen LogP) is 5.27. The van der Waals surface area contributed by atoms with Crippen LogP contribution in [0.4, 0.5) is 0 Å².